The first-order valence-corrected chi connectivity index (χ1v) is 8.18. The van der Waals surface area contributed by atoms with E-state index in [9.17, 15) is 19.5 Å². The molecule has 3 N–H and O–H groups in total. The van der Waals surface area contributed by atoms with Gasteiger partial charge in [-0.15, -0.1) is 0 Å². The smallest absolute Gasteiger partial charge is 0.339 e. The number of aliphatic carboxylic acids is 2. The number of carboxylic acids is 2. The van der Waals surface area contributed by atoms with E-state index >= 15 is 0 Å². The average Bonchev–Trinajstić information content (AvgIpc) is 2.52. The highest BCUT2D eigenvalue weighted by Gasteiger charge is 2.43. The number of rotatable bonds is 11. The van der Waals surface area contributed by atoms with Gasteiger partial charge in [0.15, 0.2) is 5.60 Å². The predicted octanol–water partition coefficient (Wildman–Crippen LogP) is 2.01. The van der Waals surface area contributed by atoms with Crippen molar-refractivity contribution in [3.63, 3.8) is 0 Å². The van der Waals surface area contributed by atoms with E-state index in [-0.39, 0.29) is 0 Å². The van der Waals surface area contributed by atoms with E-state index in [0.717, 1.165) is 12.0 Å². The fourth-order valence-electron chi connectivity index (χ4n) is 2.52. The van der Waals surface area contributed by atoms with Crippen LogP contribution in [-0.4, -0.2) is 44.9 Å². The third kappa shape index (κ3) is 7.34. The molecular weight excluding hydrogens is 328 g/mol. The van der Waals surface area contributed by atoms with Gasteiger partial charge in [0.1, 0.15) is 6.10 Å². The lowest BCUT2D eigenvalue weighted by atomic mass is 9.95. The molecule has 1 aromatic carbocycles. The van der Waals surface area contributed by atoms with Crippen LogP contribution in [0.3, 0.4) is 0 Å². The number of esters is 1. The van der Waals surface area contributed by atoms with Crippen molar-refractivity contribution < 1.29 is 34.4 Å². The van der Waals surface area contributed by atoms with Crippen LogP contribution in [0.1, 0.15) is 44.6 Å². The maximum Gasteiger partial charge on any atom is 0.339 e. The van der Waals surface area contributed by atoms with Gasteiger partial charge in [-0.05, 0) is 24.8 Å². The molecule has 7 heteroatoms. The summed E-state index contributed by atoms with van der Waals surface area (Å²) in [5.74, 6) is -4.15. The molecule has 0 saturated carbocycles. The van der Waals surface area contributed by atoms with Gasteiger partial charge >= 0.3 is 17.9 Å². The number of hydrogen-bond donors (Lipinski definition) is 3. The molecule has 25 heavy (non-hydrogen) atoms. The number of ether oxygens (including phenoxy) is 1. The monoisotopic (exact) mass is 352 g/mol. The number of carbonyl (C=O) groups excluding carboxylic acids is 1. The quantitative estimate of drug-likeness (QED) is 0.521. The van der Waals surface area contributed by atoms with Gasteiger partial charge in [-0.25, -0.2) is 4.79 Å². The van der Waals surface area contributed by atoms with E-state index < -0.39 is 42.5 Å². The van der Waals surface area contributed by atoms with Gasteiger partial charge in [-0.2, -0.15) is 0 Å². The van der Waals surface area contributed by atoms with Crippen molar-refractivity contribution in [2.24, 2.45) is 0 Å². The first-order valence-electron chi connectivity index (χ1n) is 8.18. The fraction of sp³-hybridized carbons (Fsp3) is 0.500. The predicted molar refractivity (Wildman–Crippen MR) is 89.0 cm³/mol. The summed E-state index contributed by atoms with van der Waals surface area (Å²) in [6, 6.07) is 9.57. The molecule has 1 atom stereocenters. The molecule has 1 aromatic rings. The summed E-state index contributed by atoms with van der Waals surface area (Å²) >= 11 is 0. The standard InChI is InChI=1S/C18H24O7/c1-2-6-14(10-9-13-7-4-3-5-8-13)25-17(23)18(24,11-15(19)20)12-16(21)22/h3-5,7-8,14,24H,2,6,9-12H2,1H3,(H,19,20)(H,21,22)/t14-/m1/s1. The van der Waals surface area contributed by atoms with Crippen LogP contribution in [0, 0.1) is 0 Å². The molecule has 0 bridgehead atoms. The highest BCUT2D eigenvalue weighted by molar-refractivity contribution is 5.89. The molecule has 0 aromatic heterocycles. The van der Waals surface area contributed by atoms with E-state index in [0.29, 0.717) is 19.3 Å². The Morgan fingerprint density at radius 1 is 1.04 bits per heavy atom. The lowest BCUT2D eigenvalue weighted by Crippen LogP contribution is -2.45. The summed E-state index contributed by atoms with van der Waals surface area (Å²) < 4.78 is 5.26. The molecule has 0 radical (unpaired) electrons. The van der Waals surface area contributed by atoms with Crippen molar-refractivity contribution in [3.05, 3.63) is 35.9 Å². The Bertz CT molecular complexity index is 566. The average molecular weight is 352 g/mol. The van der Waals surface area contributed by atoms with E-state index in [2.05, 4.69) is 0 Å². The number of carboxylic acid groups (broad SMARTS) is 2. The van der Waals surface area contributed by atoms with Gasteiger partial charge in [0.05, 0.1) is 12.8 Å². The molecule has 0 aliphatic carbocycles. The van der Waals surface area contributed by atoms with Crippen LogP contribution in [0.4, 0.5) is 0 Å². The lowest BCUT2D eigenvalue weighted by molar-refractivity contribution is -0.180. The number of carbonyl (C=O) groups is 3. The van der Waals surface area contributed by atoms with Gasteiger partial charge in [0.2, 0.25) is 0 Å². The van der Waals surface area contributed by atoms with Crippen LogP contribution in [0.2, 0.25) is 0 Å². The summed E-state index contributed by atoms with van der Waals surface area (Å²) in [4.78, 5) is 34.0. The molecule has 0 unspecified atom stereocenters. The Kier molecular flexibility index (Phi) is 8.07. The maximum atomic E-state index is 12.2. The molecule has 1 rings (SSSR count). The summed E-state index contributed by atoms with van der Waals surface area (Å²) in [5, 5.41) is 27.9. The molecule has 0 saturated heterocycles. The first kappa shape index (κ1) is 20.6. The van der Waals surface area contributed by atoms with Crippen LogP contribution in [0.5, 0.6) is 0 Å². The third-order valence-corrected chi connectivity index (χ3v) is 3.75. The normalized spacial score (nSPS) is 12.4. The summed E-state index contributed by atoms with van der Waals surface area (Å²) in [6.07, 6.45) is -0.148. The van der Waals surface area contributed by atoms with Gasteiger partial charge in [-0.3, -0.25) is 9.59 Å². The van der Waals surface area contributed by atoms with Crippen LogP contribution in [0.25, 0.3) is 0 Å². The van der Waals surface area contributed by atoms with E-state index in [1.165, 1.54) is 0 Å². The molecular formula is C18H24O7. The van der Waals surface area contributed by atoms with Gasteiger partial charge in [0, 0.05) is 0 Å². The topological polar surface area (TPSA) is 121 Å². The highest BCUT2D eigenvalue weighted by Crippen LogP contribution is 2.21. The van der Waals surface area contributed by atoms with Crippen LogP contribution < -0.4 is 0 Å². The van der Waals surface area contributed by atoms with Crippen LogP contribution in [0.15, 0.2) is 30.3 Å². The largest absolute Gasteiger partial charge is 0.481 e. The molecule has 7 nitrogen and oxygen atoms in total. The van der Waals surface area contributed by atoms with Gasteiger partial charge < -0.3 is 20.1 Å². The Balaban J connectivity index is 2.77. The SMILES string of the molecule is CCC[C@H](CCc1ccccc1)OC(=O)C(O)(CC(=O)O)CC(=O)O. The minimum atomic E-state index is -2.57. The maximum absolute atomic E-state index is 12.2. The minimum Gasteiger partial charge on any atom is -0.481 e. The van der Waals surface area contributed by atoms with Crippen molar-refractivity contribution in [1.82, 2.24) is 0 Å². The van der Waals surface area contributed by atoms with Crippen LogP contribution >= 0.6 is 0 Å². The zero-order valence-corrected chi connectivity index (χ0v) is 14.2. The van der Waals surface area contributed by atoms with Gasteiger partial charge in [0.25, 0.3) is 0 Å². The Hall–Kier alpha value is -2.41. The number of aliphatic hydroxyl groups is 1. The molecule has 0 amide bonds. The Labute approximate surface area is 146 Å². The summed E-state index contributed by atoms with van der Waals surface area (Å²) in [6.45, 7) is 1.91. The van der Waals surface area contributed by atoms with Crippen molar-refractivity contribution in [3.8, 4) is 0 Å². The molecule has 0 heterocycles. The second-order valence-electron chi connectivity index (χ2n) is 6.01. The second-order valence-corrected chi connectivity index (χ2v) is 6.01. The second kappa shape index (κ2) is 9.78. The van der Waals surface area contributed by atoms with Crippen molar-refractivity contribution in [2.75, 3.05) is 0 Å². The molecule has 138 valence electrons. The fourth-order valence-corrected chi connectivity index (χ4v) is 2.52. The van der Waals surface area contributed by atoms with Crippen molar-refractivity contribution in [1.29, 1.82) is 0 Å². The van der Waals surface area contributed by atoms with E-state index in [4.69, 9.17) is 14.9 Å². The Morgan fingerprint density at radius 2 is 1.60 bits per heavy atom. The lowest BCUT2D eigenvalue weighted by Gasteiger charge is -2.26. The molecule has 0 aliphatic heterocycles. The molecule has 0 aliphatic rings. The first-order chi connectivity index (χ1) is 11.8. The van der Waals surface area contributed by atoms with Crippen molar-refractivity contribution >= 4 is 17.9 Å². The zero-order chi connectivity index (χ0) is 18.9. The molecule has 0 spiro atoms. The highest BCUT2D eigenvalue weighted by atomic mass is 16.6. The number of benzene rings is 1. The van der Waals surface area contributed by atoms with E-state index in [1.807, 2.05) is 37.3 Å². The van der Waals surface area contributed by atoms with Crippen LogP contribution in [-0.2, 0) is 25.5 Å². The summed E-state index contributed by atoms with van der Waals surface area (Å²) in [5.41, 5.74) is -1.51. The Morgan fingerprint density at radius 3 is 2.08 bits per heavy atom. The number of hydrogen-bond acceptors (Lipinski definition) is 5. The van der Waals surface area contributed by atoms with Gasteiger partial charge in [-0.1, -0.05) is 43.7 Å². The summed E-state index contributed by atoms with van der Waals surface area (Å²) in [7, 11) is 0. The zero-order valence-electron chi connectivity index (χ0n) is 14.2. The van der Waals surface area contributed by atoms with E-state index in [1.54, 1.807) is 0 Å². The van der Waals surface area contributed by atoms with Crippen molar-refractivity contribution in [2.45, 2.75) is 57.2 Å². The number of aryl methyl sites for hydroxylation is 1. The third-order valence-electron chi connectivity index (χ3n) is 3.75. The minimum absolute atomic E-state index is 0.500. The molecule has 0 fully saturated rings.